The van der Waals surface area contributed by atoms with Crippen LogP contribution < -0.4 is 5.32 Å². The van der Waals surface area contributed by atoms with Crippen molar-refractivity contribution in [2.75, 3.05) is 46.9 Å². The van der Waals surface area contributed by atoms with Crippen molar-refractivity contribution in [1.29, 1.82) is 5.41 Å². The first-order valence-corrected chi connectivity index (χ1v) is 13.9. The van der Waals surface area contributed by atoms with Crippen molar-refractivity contribution < 1.29 is 22.7 Å². The van der Waals surface area contributed by atoms with Gasteiger partial charge in [0.1, 0.15) is 5.84 Å². The summed E-state index contributed by atoms with van der Waals surface area (Å²) in [7, 11) is -0.601. The highest BCUT2D eigenvalue weighted by molar-refractivity contribution is 7.87. The summed E-state index contributed by atoms with van der Waals surface area (Å²) in [6.45, 7) is 2.63. The highest BCUT2D eigenvalue weighted by atomic mass is 32.2. The maximum atomic E-state index is 13.3. The largest absolute Gasteiger partial charge is 0.453 e. The Labute approximate surface area is 218 Å². The van der Waals surface area contributed by atoms with Crippen LogP contribution in [0.1, 0.15) is 25.9 Å². The first-order valence-electron chi connectivity index (χ1n) is 11.7. The molecule has 0 bridgehead atoms. The van der Waals surface area contributed by atoms with Crippen molar-refractivity contribution >= 4 is 50.2 Å². The number of thiazole rings is 1. The third-order valence-corrected chi connectivity index (χ3v) is 9.38. The minimum atomic E-state index is -3.85. The summed E-state index contributed by atoms with van der Waals surface area (Å²) in [5.74, 6) is -0.306. The Kier molecular flexibility index (Phi) is 6.74. The van der Waals surface area contributed by atoms with E-state index in [9.17, 15) is 18.0 Å². The number of alkyl carbamates (subject to hydrolysis) is 1. The van der Waals surface area contributed by atoms with Gasteiger partial charge in [-0.25, -0.2) is 13.8 Å². The van der Waals surface area contributed by atoms with Gasteiger partial charge in [0.2, 0.25) is 0 Å². The molecule has 0 saturated carbocycles. The number of piperazine rings is 1. The maximum Gasteiger partial charge on any atom is 0.412 e. The average molecular weight is 546 g/mol. The van der Waals surface area contributed by atoms with Crippen LogP contribution in [0.15, 0.2) is 30.6 Å². The van der Waals surface area contributed by atoms with E-state index in [2.05, 4.69) is 19.9 Å². The molecule has 1 saturated heterocycles. The molecule has 3 aromatic rings. The van der Waals surface area contributed by atoms with Crippen LogP contribution in [0, 0.1) is 5.41 Å². The number of benzene rings is 1. The van der Waals surface area contributed by atoms with E-state index in [0.717, 1.165) is 34.1 Å². The summed E-state index contributed by atoms with van der Waals surface area (Å²) in [6.07, 6.45) is 3.07. The Morgan fingerprint density at radius 2 is 1.84 bits per heavy atom. The fourth-order valence-corrected chi connectivity index (χ4v) is 6.98. The van der Waals surface area contributed by atoms with E-state index in [4.69, 9.17) is 5.41 Å². The van der Waals surface area contributed by atoms with E-state index in [1.807, 2.05) is 7.05 Å². The number of carbonyl (C=O) groups is 2. The third-order valence-electron chi connectivity index (χ3n) is 6.54. The Morgan fingerprint density at radius 3 is 2.57 bits per heavy atom. The van der Waals surface area contributed by atoms with Crippen molar-refractivity contribution in [2.45, 2.75) is 13.0 Å². The van der Waals surface area contributed by atoms with Gasteiger partial charge in [-0.1, -0.05) is 12.1 Å². The Morgan fingerprint density at radius 1 is 1.11 bits per heavy atom. The third kappa shape index (κ3) is 4.97. The van der Waals surface area contributed by atoms with Crippen molar-refractivity contribution in [3.63, 3.8) is 0 Å². The number of hydrogen-bond acceptors (Lipinski definition) is 9. The summed E-state index contributed by atoms with van der Waals surface area (Å²) < 4.78 is 33.7. The van der Waals surface area contributed by atoms with Crippen molar-refractivity contribution in [1.82, 2.24) is 28.4 Å². The van der Waals surface area contributed by atoms with Crippen molar-refractivity contribution in [2.24, 2.45) is 0 Å². The molecular formula is C23H27N7O5S2. The second-order valence-corrected chi connectivity index (χ2v) is 11.9. The lowest BCUT2D eigenvalue weighted by molar-refractivity contribution is 0.0696. The molecule has 0 spiro atoms. The Bertz CT molecular complexity index is 1490. The van der Waals surface area contributed by atoms with E-state index >= 15 is 0 Å². The van der Waals surface area contributed by atoms with E-state index in [-0.39, 0.29) is 37.9 Å². The molecule has 2 aliphatic heterocycles. The lowest BCUT2D eigenvalue weighted by Crippen LogP contribution is -2.51. The van der Waals surface area contributed by atoms with Crippen LogP contribution in [0.5, 0.6) is 0 Å². The lowest BCUT2D eigenvalue weighted by atomic mass is 10.1. The molecule has 1 fully saturated rings. The molecule has 5 rings (SSSR count). The van der Waals surface area contributed by atoms with Crippen LogP contribution in [0.3, 0.4) is 0 Å². The summed E-state index contributed by atoms with van der Waals surface area (Å²) in [6, 6.07) is 4.93. The molecule has 2 aromatic heterocycles. The number of nitrogens with zero attached hydrogens (tertiary/aromatic N) is 5. The number of ether oxygens (including phenoxy) is 1. The van der Waals surface area contributed by atoms with Gasteiger partial charge in [0, 0.05) is 79.3 Å². The van der Waals surface area contributed by atoms with Gasteiger partial charge >= 0.3 is 16.3 Å². The van der Waals surface area contributed by atoms with E-state index < -0.39 is 16.3 Å². The predicted molar refractivity (Wildman–Crippen MR) is 138 cm³/mol. The Balaban J connectivity index is 1.26. The van der Waals surface area contributed by atoms with Crippen LogP contribution in [0.4, 0.5) is 4.79 Å². The van der Waals surface area contributed by atoms with E-state index in [1.54, 1.807) is 23.1 Å². The highest BCUT2D eigenvalue weighted by Gasteiger charge is 2.32. The molecule has 0 unspecified atom stereocenters. The molecule has 12 nitrogen and oxygen atoms in total. The number of hydrogen-bond donors (Lipinski definition) is 2. The summed E-state index contributed by atoms with van der Waals surface area (Å²) in [5.41, 5.74) is 1.40. The SMILES string of the molecule is COC(=O)NC(=N)c1ccc2cn(S(=O)(=O)N3CCN(C(=O)c4nc5c(s4)CN(C)CC5)CC3)cc2c1. The molecule has 37 heavy (non-hydrogen) atoms. The molecular weight excluding hydrogens is 518 g/mol. The standard InChI is InChI=1S/C23H27N7O5S2/c1-27-6-5-18-19(14-27)36-21(25-18)22(31)28-7-9-29(10-8-28)37(33,34)30-12-16-4-3-15(11-17(16)13-30)20(24)26-23(32)35-2/h3-4,11-13H,5-10,14H2,1-2H3,(H2,24,26,32). The minimum absolute atomic E-state index is 0.152. The number of rotatable bonds is 4. The first-order chi connectivity index (χ1) is 17.7. The van der Waals surface area contributed by atoms with E-state index in [0.29, 0.717) is 21.3 Å². The van der Waals surface area contributed by atoms with E-state index in [1.165, 1.54) is 35.1 Å². The number of aromatic nitrogens is 2. The fourth-order valence-electron chi connectivity index (χ4n) is 4.43. The van der Waals surface area contributed by atoms with Gasteiger partial charge in [-0.15, -0.1) is 11.3 Å². The molecule has 0 atom stereocenters. The second kappa shape index (κ2) is 9.85. The minimum Gasteiger partial charge on any atom is -0.453 e. The molecule has 0 aliphatic carbocycles. The van der Waals surface area contributed by atoms with Crippen LogP contribution in [-0.4, -0.2) is 96.2 Å². The number of nitrogens with one attached hydrogen (secondary N) is 2. The van der Waals surface area contributed by atoms with Gasteiger partial charge in [0.15, 0.2) is 5.01 Å². The molecule has 4 heterocycles. The molecule has 2 amide bonds. The fraction of sp³-hybridized carbons (Fsp3) is 0.391. The zero-order valence-corrected chi connectivity index (χ0v) is 22.1. The molecule has 1 aromatic carbocycles. The summed E-state index contributed by atoms with van der Waals surface area (Å²) >= 11 is 1.43. The van der Waals surface area contributed by atoms with Crippen LogP contribution in [0.2, 0.25) is 0 Å². The maximum absolute atomic E-state index is 13.3. The highest BCUT2D eigenvalue weighted by Crippen LogP contribution is 2.26. The van der Waals surface area contributed by atoms with Gasteiger partial charge < -0.3 is 14.5 Å². The zero-order chi connectivity index (χ0) is 26.3. The van der Waals surface area contributed by atoms with Gasteiger partial charge in [0.05, 0.1) is 12.8 Å². The van der Waals surface area contributed by atoms with Gasteiger partial charge in [-0.05, 0) is 13.1 Å². The number of amidine groups is 1. The first kappa shape index (κ1) is 25.3. The van der Waals surface area contributed by atoms with Gasteiger partial charge in [0.25, 0.3) is 5.91 Å². The quantitative estimate of drug-likeness (QED) is 0.372. The van der Waals surface area contributed by atoms with Crippen molar-refractivity contribution in [3.8, 4) is 0 Å². The number of likely N-dealkylation sites (N-methyl/N-ethyl adjacent to an activating group) is 1. The molecule has 14 heteroatoms. The number of amides is 2. The van der Waals surface area contributed by atoms with Crippen LogP contribution in [0.25, 0.3) is 10.8 Å². The van der Waals surface area contributed by atoms with Crippen LogP contribution in [-0.2, 0) is 27.9 Å². The second-order valence-electron chi connectivity index (χ2n) is 9.00. The lowest BCUT2D eigenvalue weighted by Gasteiger charge is -2.33. The molecule has 196 valence electrons. The molecule has 0 radical (unpaired) electrons. The normalized spacial score (nSPS) is 17.0. The number of carbonyl (C=O) groups excluding carboxylic acids is 2. The number of methoxy groups -OCH3 is 1. The Hall–Kier alpha value is -3.33. The van der Waals surface area contributed by atoms with Crippen molar-refractivity contribution in [3.05, 3.63) is 51.7 Å². The zero-order valence-electron chi connectivity index (χ0n) is 20.4. The molecule has 2 N–H and O–H groups in total. The topological polar surface area (TPSA) is 141 Å². The molecule has 2 aliphatic rings. The summed E-state index contributed by atoms with van der Waals surface area (Å²) in [5, 5.41) is 12.0. The number of fused-ring (bicyclic) bond motifs is 2. The monoisotopic (exact) mass is 545 g/mol. The summed E-state index contributed by atoms with van der Waals surface area (Å²) in [4.78, 5) is 34.0. The van der Waals surface area contributed by atoms with Gasteiger partial charge in [-0.3, -0.25) is 15.5 Å². The van der Waals surface area contributed by atoms with Crippen LogP contribution >= 0.6 is 11.3 Å². The smallest absolute Gasteiger partial charge is 0.412 e. The predicted octanol–water partition coefficient (Wildman–Crippen LogP) is 1.32. The average Bonchev–Trinajstić information content (AvgIpc) is 3.52. The van der Waals surface area contributed by atoms with Gasteiger partial charge in [-0.2, -0.15) is 12.7 Å².